The van der Waals surface area contributed by atoms with Gasteiger partial charge < -0.3 is 11.1 Å². The number of hydrogen-bond acceptors (Lipinski definition) is 2. The SMILES string of the molecule is CCC(C)NC(N)=NCC(C)(C)N1CC(C)CC(C)C1. The summed E-state index contributed by atoms with van der Waals surface area (Å²) in [7, 11) is 0. The number of nitrogens with zero attached hydrogens (tertiary/aromatic N) is 2. The quantitative estimate of drug-likeness (QED) is 0.601. The Kier molecular flexibility index (Phi) is 6.31. The minimum atomic E-state index is 0.0741. The molecule has 1 aliphatic rings. The number of guanidine groups is 1. The number of aliphatic imine (C=N–C) groups is 1. The minimum Gasteiger partial charge on any atom is -0.370 e. The molecule has 118 valence electrons. The van der Waals surface area contributed by atoms with Crippen molar-refractivity contribution in [2.45, 2.75) is 66.0 Å². The average Bonchev–Trinajstić information content (AvgIpc) is 2.35. The van der Waals surface area contributed by atoms with Crippen LogP contribution in [0.1, 0.15) is 54.4 Å². The number of hydrogen-bond donors (Lipinski definition) is 2. The van der Waals surface area contributed by atoms with E-state index in [4.69, 9.17) is 5.73 Å². The molecule has 1 aliphatic heterocycles. The van der Waals surface area contributed by atoms with Gasteiger partial charge in [-0.05, 0) is 45.4 Å². The lowest BCUT2D eigenvalue weighted by Crippen LogP contribution is -2.53. The van der Waals surface area contributed by atoms with Crippen molar-refractivity contribution in [3.8, 4) is 0 Å². The average molecular weight is 282 g/mol. The summed E-state index contributed by atoms with van der Waals surface area (Å²) in [6, 6.07) is 0.386. The van der Waals surface area contributed by atoms with E-state index in [1.807, 2.05) is 0 Å². The summed E-state index contributed by atoms with van der Waals surface area (Å²) in [5, 5.41) is 3.23. The molecule has 0 amide bonds. The fourth-order valence-corrected chi connectivity index (χ4v) is 2.94. The van der Waals surface area contributed by atoms with Crippen molar-refractivity contribution in [3.63, 3.8) is 0 Å². The molecule has 0 radical (unpaired) electrons. The Morgan fingerprint density at radius 1 is 1.35 bits per heavy atom. The molecule has 1 fully saturated rings. The Balaban J connectivity index is 2.57. The molecule has 0 aliphatic carbocycles. The molecule has 0 aromatic carbocycles. The lowest BCUT2D eigenvalue weighted by molar-refractivity contribution is 0.0513. The van der Waals surface area contributed by atoms with Crippen LogP contribution in [0.2, 0.25) is 0 Å². The molecule has 3 atom stereocenters. The Morgan fingerprint density at radius 3 is 2.40 bits per heavy atom. The Labute approximate surface area is 125 Å². The van der Waals surface area contributed by atoms with E-state index in [-0.39, 0.29) is 5.54 Å². The molecule has 1 heterocycles. The lowest BCUT2D eigenvalue weighted by atomic mass is 9.88. The molecule has 4 heteroatoms. The van der Waals surface area contributed by atoms with E-state index in [0.29, 0.717) is 12.0 Å². The van der Waals surface area contributed by atoms with Crippen LogP contribution in [0.4, 0.5) is 0 Å². The van der Waals surface area contributed by atoms with Crippen molar-refractivity contribution in [2.24, 2.45) is 22.6 Å². The van der Waals surface area contributed by atoms with Gasteiger partial charge in [0.2, 0.25) is 0 Å². The number of likely N-dealkylation sites (tertiary alicyclic amines) is 1. The van der Waals surface area contributed by atoms with Crippen LogP contribution in [0.5, 0.6) is 0 Å². The molecule has 3 N–H and O–H groups in total. The van der Waals surface area contributed by atoms with Gasteiger partial charge in [-0.1, -0.05) is 20.8 Å². The highest BCUT2D eigenvalue weighted by atomic mass is 15.2. The van der Waals surface area contributed by atoms with E-state index in [0.717, 1.165) is 24.8 Å². The second-order valence-corrected chi connectivity index (χ2v) is 7.32. The zero-order chi connectivity index (χ0) is 15.3. The molecule has 20 heavy (non-hydrogen) atoms. The maximum Gasteiger partial charge on any atom is 0.188 e. The van der Waals surface area contributed by atoms with Crippen LogP contribution in [-0.2, 0) is 0 Å². The third kappa shape index (κ3) is 5.31. The van der Waals surface area contributed by atoms with Gasteiger partial charge in [-0.15, -0.1) is 0 Å². The van der Waals surface area contributed by atoms with E-state index in [1.165, 1.54) is 19.5 Å². The minimum absolute atomic E-state index is 0.0741. The maximum absolute atomic E-state index is 5.96. The van der Waals surface area contributed by atoms with Crippen LogP contribution in [0.15, 0.2) is 4.99 Å². The van der Waals surface area contributed by atoms with Gasteiger partial charge in [0.1, 0.15) is 0 Å². The van der Waals surface area contributed by atoms with Crippen molar-refractivity contribution in [2.75, 3.05) is 19.6 Å². The number of piperidine rings is 1. The first-order valence-electron chi connectivity index (χ1n) is 8.06. The van der Waals surface area contributed by atoms with E-state index in [1.54, 1.807) is 0 Å². The second-order valence-electron chi connectivity index (χ2n) is 7.32. The first-order valence-corrected chi connectivity index (χ1v) is 8.06. The molecule has 0 spiro atoms. The molecule has 0 bridgehead atoms. The van der Waals surface area contributed by atoms with Crippen LogP contribution in [0, 0.1) is 11.8 Å². The van der Waals surface area contributed by atoms with E-state index in [9.17, 15) is 0 Å². The van der Waals surface area contributed by atoms with Gasteiger partial charge in [-0.3, -0.25) is 9.89 Å². The summed E-state index contributed by atoms with van der Waals surface area (Å²) in [4.78, 5) is 7.13. The zero-order valence-electron chi connectivity index (χ0n) is 14.2. The third-order valence-corrected chi connectivity index (χ3v) is 4.37. The first-order chi connectivity index (χ1) is 9.24. The number of rotatable bonds is 5. The van der Waals surface area contributed by atoms with Gasteiger partial charge in [-0.2, -0.15) is 0 Å². The smallest absolute Gasteiger partial charge is 0.188 e. The predicted molar refractivity (Wildman–Crippen MR) is 88.0 cm³/mol. The highest BCUT2D eigenvalue weighted by molar-refractivity contribution is 5.78. The standard InChI is InChI=1S/C16H34N4/c1-7-14(4)19-15(17)18-11-16(5,6)20-9-12(2)8-13(3)10-20/h12-14H,7-11H2,1-6H3,(H3,17,18,19). The largest absolute Gasteiger partial charge is 0.370 e. The fourth-order valence-electron chi connectivity index (χ4n) is 2.94. The van der Waals surface area contributed by atoms with E-state index >= 15 is 0 Å². The van der Waals surface area contributed by atoms with Gasteiger partial charge in [0.05, 0.1) is 6.54 Å². The second kappa shape index (κ2) is 7.30. The van der Waals surface area contributed by atoms with E-state index in [2.05, 4.69) is 56.8 Å². The van der Waals surface area contributed by atoms with Crippen molar-refractivity contribution in [3.05, 3.63) is 0 Å². The van der Waals surface area contributed by atoms with Gasteiger partial charge in [-0.25, -0.2) is 0 Å². The molecular weight excluding hydrogens is 248 g/mol. The van der Waals surface area contributed by atoms with E-state index < -0.39 is 0 Å². The summed E-state index contributed by atoms with van der Waals surface area (Å²) in [6.07, 6.45) is 2.40. The summed E-state index contributed by atoms with van der Waals surface area (Å²) in [6.45, 7) is 16.6. The molecule has 3 unspecified atom stereocenters. The molecular formula is C16H34N4. The molecule has 0 aromatic rings. The Hall–Kier alpha value is -0.770. The predicted octanol–water partition coefficient (Wildman–Crippen LogP) is 2.45. The molecule has 4 nitrogen and oxygen atoms in total. The first kappa shape index (κ1) is 17.3. The normalized spacial score (nSPS) is 27.4. The highest BCUT2D eigenvalue weighted by Crippen LogP contribution is 2.27. The van der Waals surface area contributed by atoms with Gasteiger partial charge in [0, 0.05) is 24.7 Å². The van der Waals surface area contributed by atoms with Crippen LogP contribution in [0.25, 0.3) is 0 Å². The van der Waals surface area contributed by atoms with Crippen LogP contribution >= 0.6 is 0 Å². The summed E-state index contributed by atoms with van der Waals surface area (Å²) < 4.78 is 0. The summed E-state index contributed by atoms with van der Waals surface area (Å²) >= 11 is 0. The Bertz CT molecular complexity index is 314. The molecule has 0 saturated carbocycles. The maximum atomic E-state index is 5.96. The van der Waals surface area contributed by atoms with Gasteiger partial charge in [0.25, 0.3) is 0 Å². The van der Waals surface area contributed by atoms with Crippen molar-refractivity contribution in [1.29, 1.82) is 0 Å². The lowest BCUT2D eigenvalue weighted by Gasteiger charge is -2.44. The highest BCUT2D eigenvalue weighted by Gasteiger charge is 2.32. The van der Waals surface area contributed by atoms with Crippen LogP contribution in [0.3, 0.4) is 0 Å². The summed E-state index contributed by atoms with van der Waals surface area (Å²) in [5.74, 6) is 2.13. The topological polar surface area (TPSA) is 53.6 Å². The van der Waals surface area contributed by atoms with Crippen molar-refractivity contribution < 1.29 is 0 Å². The number of nitrogens with two attached hydrogens (primary N) is 1. The van der Waals surface area contributed by atoms with Crippen LogP contribution < -0.4 is 11.1 Å². The summed E-state index contributed by atoms with van der Waals surface area (Å²) in [5.41, 5.74) is 6.04. The molecule has 0 aromatic heterocycles. The van der Waals surface area contributed by atoms with Crippen LogP contribution in [-0.4, -0.2) is 42.1 Å². The van der Waals surface area contributed by atoms with Gasteiger partial charge in [0.15, 0.2) is 5.96 Å². The number of nitrogens with one attached hydrogen (secondary N) is 1. The van der Waals surface area contributed by atoms with Crippen molar-refractivity contribution in [1.82, 2.24) is 10.2 Å². The monoisotopic (exact) mass is 282 g/mol. The third-order valence-electron chi connectivity index (χ3n) is 4.37. The fraction of sp³-hybridized carbons (Fsp3) is 0.938. The Morgan fingerprint density at radius 2 is 1.90 bits per heavy atom. The van der Waals surface area contributed by atoms with Crippen molar-refractivity contribution >= 4 is 5.96 Å². The zero-order valence-corrected chi connectivity index (χ0v) is 14.2. The van der Waals surface area contributed by atoms with Gasteiger partial charge >= 0.3 is 0 Å². The molecule has 1 saturated heterocycles. The molecule has 1 rings (SSSR count).